The average molecular weight is 309 g/mol. The Morgan fingerprint density at radius 1 is 1.41 bits per heavy atom. The third kappa shape index (κ3) is 3.55. The Labute approximate surface area is 128 Å². The highest BCUT2D eigenvalue weighted by atomic mass is 19.1. The van der Waals surface area contributed by atoms with Crippen LogP contribution in [0.15, 0.2) is 18.2 Å². The number of nitrogens with one attached hydrogen (secondary N) is 1. The maximum absolute atomic E-state index is 13.9. The quantitative estimate of drug-likeness (QED) is 0.846. The van der Waals surface area contributed by atoms with Crippen LogP contribution >= 0.6 is 0 Å². The number of ether oxygens (including phenoxy) is 1. The third-order valence-electron chi connectivity index (χ3n) is 3.85. The van der Waals surface area contributed by atoms with E-state index in [0.717, 1.165) is 6.42 Å². The van der Waals surface area contributed by atoms with Crippen LogP contribution in [-0.2, 0) is 9.59 Å². The van der Waals surface area contributed by atoms with E-state index in [1.54, 1.807) is 6.07 Å². The van der Waals surface area contributed by atoms with Gasteiger partial charge in [0.1, 0.15) is 11.6 Å². The number of anilines is 1. The van der Waals surface area contributed by atoms with E-state index in [9.17, 15) is 19.1 Å². The lowest BCUT2D eigenvalue weighted by Gasteiger charge is -2.36. The van der Waals surface area contributed by atoms with Gasteiger partial charge in [-0.05, 0) is 38.8 Å². The van der Waals surface area contributed by atoms with Crippen LogP contribution in [0.5, 0.6) is 5.75 Å². The highest BCUT2D eigenvalue weighted by molar-refractivity contribution is 5.94. The van der Waals surface area contributed by atoms with Gasteiger partial charge in [-0.3, -0.25) is 9.59 Å². The first-order valence-corrected chi connectivity index (χ1v) is 7.32. The van der Waals surface area contributed by atoms with Crippen molar-refractivity contribution >= 4 is 17.6 Å². The molecule has 1 amide bonds. The predicted octanol–water partition coefficient (Wildman–Crippen LogP) is 3.20. The minimum absolute atomic E-state index is 0.0287. The van der Waals surface area contributed by atoms with Crippen molar-refractivity contribution in [3.63, 3.8) is 0 Å². The van der Waals surface area contributed by atoms with Gasteiger partial charge in [0.15, 0.2) is 0 Å². The number of carbonyl (C=O) groups excluding carboxylic acids is 1. The van der Waals surface area contributed by atoms with Gasteiger partial charge in [-0.2, -0.15) is 0 Å². The largest absolute Gasteiger partial charge is 0.491 e. The molecule has 120 valence electrons. The molecule has 22 heavy (non-hydrogen) atoms. The zero-order chi connectivity index (χ0) is 16.3. The zero-order valence-corrected chi connectivity index (χ0v) is 12.7. The number of benzene rings is 1. The summed E-state index contributed by atoms with van der Waals surface area (Å²) in [7, 11) is 0. The first-order chi connectivity index (χ1) is 10.3. The number of carboxylic acid groups (broad SMARTS) is 1. The second-order valence-corrected chi connectivity index (χ2v) is 5.97. The van der Waals surface area contributed by atoms with E-state index in [4.69, 9.17) is 4.74 Å². The van der Waals surface area contributed by atoms with E-state index in [0.29, 0.717) is 18.6 Å². The van der Waals surface area contributed by atoms with Gasteiger partial charge in [0, 0.05) is 12.5 Å². The molecule has 0 aliphatic heterocycles. The van der Waals surface area contributed by atoms with Gasteiger partial charge in [-0.25, -0.2) is 4.39 Å². The van der Waals surface area contributed by atoms with E-state index < -0.39 is 23.1 Å². The highest BCUT2D eigenvalue weighted by Gasteiger charge is 2.45. The highest BCUT2D eigenvalue weighted by Crippen LogP contribution is 2.44. The smallest absolute Gasteiger partial charge is 0.310 e. The van der Waals surface area contributed by atoms with Crippen molar-refractivity contribution in [2.45, 2.75) is 45.6 Å². The van der Waals surface area contributed by atoms with Gasteiger partial charge in [0.05, 0.1) is 17.2 Å². The molecule has 2 N–H and O–H groups in total. The standard InChI is InChI=1S/C16H20FNO4/c1-10(2)22-11-4-5-13(12(17)8-11)18-14(19)9-16(15(20)21)6-3-7-16/h4-5,8,10H,3,6-7,9H2,1-2H3,(H,18,19)(H,20,21). The van der Waals surface area contributed by atoms with Gasteiger partial charge in [-0.1, -0.05) is 6.42 Å². The van der Waals surface area contributed by atoms with E-state index in [2.05, 4.69) is 5.32 Å². The summed E-state index contributed by atoms with van der Waals surface area (Å²) >= 11 is 0. The average Bonchev–Trinajstić information content (AvgIpc) is 2.36. The lowest BCUT2D eigenvalue weighted by molar-refractivity contribution is -0.157. The van der Waals surface area contributed by atoms with Crippen molar-refractivity contribution in [2.75, 3.05) is 5.32 Å². The van der Waals surface area contributed by atoms with Crippen LogP contribution in [-0.4, -0.2) is 23.1 Å². The number of hydrogen-bond acceptors (Lipinski definition) is 3. The number of rotatable bonds is 6. The van der Waals surface area contributed by atoms with Crippen LogP contribution in [0.1, 0.15) is 39.5 Å². The fourth-order valence-electron chi connectivity index (χ4n) is 2.51. The lowest BCUT2D eigenvalue weighted by atomic mass is 9.66. The first-order valence-electron chi connectivity index (χ1n) is 7.32. The van der Waals surface area contributed by atoms with Gasteiger partial charge < -0.3 is 15.2 Å². The Hall–Kier alpha value is -2.11. The molecule has 0 spiro atoms. The molecular formula is C16H20FNO4. The van der Waals surface area contributed by atoms with Crippen LogP contribution < -0.4 is 10.1 Å². The monoisotopic (exact) mass is 309 g/mol. The van der Waals surface area contributed by atoms with Gasteiger partial charge in [0.25, 0.3) is 0 Å². The maximum Gasteiger partial charge on any atom is 0.310 e. The maximum atomic E-state index is 13.9. The molecule has 1 aliphatic rings. The molecule has 5 nitrogen and oxygen atoms in total. The molecule has 1 aromatic rings. The van der Waals surface area contributed by atoms with Crippen LogP contribution in [0.25, 0.3) is 0 Å². The van der Waals surface area contributed by atoms with Crippen molar-refractivity contribution < 1.29 is 23.8 Å². The molecule has 1 aliphatic carbocycles. The van der Waals surface area contributed by atoms with Crippen molar-refractivity contribution in [1.82, 2.24) is 0 Å². The number of hydrogen-bond donors (Lipinski definition) is 2. The minimum atomic E-state index is -0.985. The molecule has 0 unspecified atom stereocenters. The number of aliphatic carboxylic acids is 1. The summed E-state index contributed by atoms with van der Waals surface area (Å²) < 4.78 is 19.3. The van der Waals surface area contributed by atoms with Crippen molar-refractivity contribution in [3.8, 4) is 5.75 Å². The fourth-order valence-corrected chi connectivity index (χ4v) is 2.51. The van der Waals surface area contributed by atoms with Crippen molar-refractivity contribution in [1.29, 1.82) is 0 Å². The molecule has 6 heteroatoms. The Morgan fingerprint density at radius 3 is 2.55 bits per heavy atom. The van der Waals surface area contributed by atoms with Gasteiger partial charge in [-0.15, -0.1) is 0 Å². The zero-order valence-electron chi connectivity index (χ0n) is 12.7. The van der Waals surface area contributed by atoms with Crippen LogP contribution in [0.3, 0.4) is 0 Å². The molecule has 0 saturated heterocycles. The predicted molar refractivity (Wildman–Crippen MR) is 79.3 cm³/mol. The Balaban J connectivity index is 2.01. The van der Waals surface area contributed by atoms with Crippen LogP contribution in [0, 0.1) is 11.2 Å². The Kier molecular flexibility index (Phi) is 4.68. The summed E-state index contributed by atoms with van der Waals surface area (Å²) in [6, 6.07) is 4.18. The van der Waals surface area contributed by atoms with Crippen LogP contribution in [0.2, 0.25) is 0 Å². The van der Waals surface area contributed by atoms with E-state index in [1.807, 2.05) is 13.8 Å². The van der Waals surface area contributed by atoms with Crippen molar-refractivity contribution in [3.05, 3.63) is 24.0 Å². The molecule has 0 heterocycles. The molecule has 0 bridgehead atoms. The number of halogens is 1. The van der Waals surface area contributed by atoms with E-state index >= 15 is 0 Å². The summed E-state index contributed by atoms with van der Waals surface area (Å²) in [5.41, 5.74) is -0.956. The fraction of sp³-hybridized carbons (Fsp3) is 0.500. The molecular weight excluding hydrogens is 289 g/mol. The summed E-state index contributed by atoms with van der Waals surface area (Å²) in [5, 5.41) is 11.6. The molecule has 1 aromatic carbocycles. The SMILES string of the molecule is CC(C)Oc1ccc(NC(=O)CC2(C(=O)O)CCC2)c(F)c1. The van der Waals surface area contributed by atoms with Gasteiger partial charge in [0.2, 0.25) is 5.91 Å². The molecule has 0 atom stereocenters. The molecule has 1 saturated carbocycles. The number of carboxylic acids is 1. The molecule has 1 fully saturated rings. The molecule has 2 rings (SSSR count). The summed E-state index contributed by atoms with van der Waals surface area (Å²) in [4.78, 5) is 23.2. The number of carbonyl (C=O) groups is 2. The summed E-state index contributed by atoms with van der Waals surface area (Å²) in [6.45, 7) is 3.66. The first kappa shape index (κ1) is 16.3. The second kappa shape index (κ2) is 6.34. The molecule has 0 aromatic heterocycles. The summed E-state index contributed by atoms with van der Waals surface area (Å²) in [6.07, 6.45) is 1.56. The second-order valence-electron chi connectivity index (χ2n) is 5.97. The van der Waals surface area contributed by atoms with Crippen LogP contribution in [0.4, 0.5) is 10.1 Å². The van der Waals surface area contributed by atoms with E-state index in [1.165, 1.54) is 12.1 Å². The lowest BCUT2D eigenvalue weighted by Crippen LogP contribution is -2.41. The Morgan fingerprint density at radius 2 is 2.09 bits per heavy atom. The summed E-state index contributed by atoms with van der Waals surface area (Å²) in [5.74, 6) is -1.68. The molecule has 0 radical (unpaired) electrons. The third-order valence-corrected chi connectivity index (χ3v) is 3.85. The number of amides is 1. The van der Waals surface area contributed by atoms with E-state index in [-0.39, 0.29) is 18.2 Å². The minimum Gasteiger partial charge on any atom is -0.491 e. The topological polar surface area (TPSA) is 75.6 Å². The Bertz CT molecular complexity index is 582. The van der Waals surface area contributed by atoms with Crippen molar-refractivity contribution in [2.24, 2.45) is 5.41 Å². The normalized spacial score (nSPS) is 16.0. The van der Waals surface area contributed by atoms with Gasteiger partial charge >= 0.3 is 5.97 Å².